The molecule has 0 bridgehead atoms. The van der Waals surface area contributed by atoms with Crippen molar-refractivity contribution >= 4 is 0 Å². The maximum atomic E-state index is 9.59. The molecule has 1 unspecified atom stereocenters. The van der Waals surface area contributed by atoms with Crippen molar-refractivity contribution < 1.29 is 10.2 Å². The van der Waals surface area contributed by atoms with Crippen molar-refractivity contribution in [2.45, 2.75) is 51.2 Å². The quantitative estimate of drug-likeness (QED) is 0.598. The summed E-state index contributed by atoms with van der Waals surface area (Å²) in [7, 11) is 0. The maximum Gasteiger partial charge on any atom is 0.0693 e. The summed E-state index contributed by atoms with van der Waals surface area (Å²) in [5, 5.41) is 21.8. The molecule has 1 rings (SSSR count). The van der Waals surface area contributed by atoms with Gasteiger partial charge in [-0.25, -0.2) is 0 Å². The predicted octanol–water partition coefficient (Wildman–Crippen LogP) is 0.898. The predicted molar refractivity (Wildman–Crippen MR) is 57.1 cm³/mol. The van der Waals surface area contributed by atoms with Gasteiger partial charge in [0, 0.05) is 12.6 Å². The molecule has 3 atom stereocenters. The summed E-state index contributed by atoms with van der Waals surface area (Å²) in [6, 6.07) is 0.294. The fourth-order valence-corrected chi connectivity index (χ4v) is 2.13. The van der Waals surface area contributed by atoms with E-state index in [1.165, 1.54) is 0 Å². The molecule has 0 aliphatic heterocycles. The Bertz CT molecular complexity index is 152. The molecule has 14 heavy (non-hydrogen) atoms. The van der Waals surface area contributed by atoms with Crippen molar-refractivity contribution in [1.82, 2.24) is 5.32 Å². The first-order valence-electron chi connectivity index (χ1n) is 5.80. The summed E-state index contributed by atoms with van der Waals surface area (Å²) in [5.74, 6) is 0.549. The Labute approximate surface area is 86.5 Å². The lowest BCUT2D eigenvalue weighted by Crippen LogP contribution is -2.38. The van der Waals surface area contributed by atoms with E-state index in [0.29, 0.717) is 12.0 Å². The van der Waals surface area contributed by atoms with Crippen molar-refractivity contribution in [3.63, 3.8) is 0 Å². The SMILES string of the molecule is CCC(CCO)CN[C@H]1CCC[C@@H]1O. The molecule has 0 aromatic heterocycles. The minimum Gasteiger partial charge on any atom is -0.396 e. The van der Waals surface area contributed by atoms with Gasteiger partial charge in [0.2, 0.25) is 0 Å². The van der Waals surface area contributed by atoms with Crippen molar-refractivity contribution in [3.05, 3.63) is 0 Å². The van der Waals surface area contributed by atoms with E-state index in [9.17, 15) is 5.11 Å². The fourth-order valence-electron chi connectivity index (χ4n) is 2.13. The van der Waals surface area contributed by atoms with Crippen molar-refractivity contribution in [1.29, 1.82) is 0 Å². The standard InChI is InChI=1S/C11H23NO2/c1-2-9(6-7-13)8-12-10-4-3-5-11(10)14/h9-14H,2-8H2,1H3/t9?,10-,11-/m0/s1. The molecule has 3 N–H and O–H groups in total. The first kappa shape index (κ1) is 12.0. The van der Waals surface area contributed by atoms with Crippen LogP contribution in [0.2, 0.25) is 0 Å². The van der Waals surface area contributed by atoms with E-state index in [1.54, 1.807) is 0 Å². The normalized spacial score (nSPS) is 29.4. The highest BCUT2D eigenvalue weighted by Gasteiger charge is 2.24. The first-order chi connectivity index (χ1) is 6.77. The molecule has 84 valence electrons. The van der Waals surface area contributed by atoms with Crippen molar-refractivity contribution in [2.24, 2.45) is 5.92 Å². The Balaban J connectivity index is 2.17. The van der Waals surface area contributed by atoms with Crippen LogP contribution in [-0.2, 0) is 0 Å². The van der Waals surface area contributed by atoms with Crippen LogP contribution in [0.4, 0.5) is 0 Å². The zero-order valence-electron chi connectivity index (χ0n) is 9.08. The van der Waals surface area contributed by atoms with Gasteiger partial charge in [0.15, 0.2) is 0 Å². The van der Waals surface area contributed by atoms with E-state index in [-0.39, 0.29) is 12.7 Å². The van der Waals surface area contributed by atoms with E-state index >= 15 is 0 Å². The number of aliphatic hydroxyl groups is 2. The van der Waals surface area contributed by atoms with E-state index in [2.05, 4.69) is 12.2 Å². The van der Waals surface area contributed by atoms with Crippen LogP contribution in [0.5, 0.6) is 0 Å². The van der Waals surface area contributed by atoms with Gasteiger partial charge in [-0.3, -0.25) is 0 Å². The Kier molecular flexibility index (Phi) is 5.45. The minimum atomic E-state index is -0.151. The highest BCUT2D eigenvalue weighted by Crippen LogP contribution is 2.19. The summed E-state index contributed by atoms with van der Waals surface area (Å²) < 4.78 is 0. The van der Waals surface area contributed by atoms with Crippen LogP contribution in [0.15, 0.2) is 0 Å². The third kappa shape index (κ3) is 3.56. The number of nitrogens with one attached hydrogen (secondary N) is 1. The van der Waals surface area contributed by atoms with Gasteiger partial charge in [0.25, 0.3) is 0 Å². The lowest BCUT2D eigenvalue weighted by molar-refractivity contribution is 0.144. The van der Waals surface area contributed by atoms with Crippen LogP contribution in [0.3, 0.4) is 0 Å². The van der Waals surface area contributed by atoms with Crippen LogP contribution >= 0.6 is 0 Å². The van der Waals surface area contributed by atoms with E-state index in [1.807, 2.05) is 0 Å². The number of aliphatic hydroxyl groups excluding tert-OH is 2. The molecule has 3 nitrogen and oxygen atoms in total. The van der Waals surface area contributed by atoms with Gasteiger partial charge in [-0.2, -0.15) is 0 Å². The van der Waals surface area contributed by atoms with Gasteiger partial charge >= 0.3 is 0 Å². The molecule has 0 heterocycles. The van der Waals surface area contributed by atoms with Gasteiger partial charge < -0.3 is 15.5 Å². The van der Waals surface area contributed by atoms with E-state index < -0.39 is 0 Å². The number of hydrogen-bond acceptors (Lipinski definition) is 3. The van der Waals surface area contributed by atoms with Crippen LogP contribution in [0, 0.1) is 5.92 Å². The average molecular weight is 201 g/mol. The van der Waals surface area contributed by atoms with E-state index in [4.69, 9.17) is 5.11 Å². The second-order valence-electron chi connectivity index (χ2n) is 4.30. The van der Waals surface area contributed by atoms with Crippen LogP contribution < -0.4 is 5.32 Å². The molecular formula is C11H23NO2. The van der Waals surface area contributed by atoms with Gasteiger partial charge in [-0.05, 0) is 38.1 Å². The summed E-state index contributed by atoms with van der Waals surface area (Å²) in [6.07, 6.45) is 4.98. The van der Waals surface area contributed by atoms with Crippen molar-refractivity contribution in [2.75, 3.05) is 13.2 Å². The molecule has 0 aromatic rings. The summed E-state index contributed by atoms with van der Waals surface area (Å²) in [6.45, 7) is 3.35. The largest absolute Gasteiger partial charge is 0.396 e. The Hall–Kier alpha value is -0.120. The molecule has 0 radical (unpaired) electrons. The zero-order valence-corrected chi connectivity index (χ0v) is 9.08. The second-order valence-corrected chi connectivity index (χ2v) is 4.30. The van der Waals surface area contributed by atoms with Gasteiger partial charge in [-0.1, -0.05) is 13.3 Å². The Morgan fingerprint density at radius 3 is 2.71 bits per heavy atom. The Morgan fingerprint density at radius 2 is 2.21 bits per heavy atom. The second kappa shape index (κ2) is 6.38. The minimum absolute atomic E-state index is 0.151. The van der Waals surface area contributed by atoms with Crippen LogP contribution in [0.25, 0.3) is 0 Å². The molecule has 3 heteroatoms. The smallest absolute Gasteiger partial charge is 0.0693 e. The third-order valence-corrected chi connectivity index (χ3v) is 3.26. The van der Waals surface area contributed by atoms with Crippen LogP contribution in [-0.4, -0.2) is 35.5 Å². The highest BCUT2D eigenvalue weighted by atomic mass is 16.3. The Morgan fingerprint density at radius 1 is 1.43 bits per heavy atom. The molecule has 0 saturated heterocycles. The van der Waals surface area contributed by atoms with Gasteiger partial charge in [0.1, 0.15) is 0 Å². The maximum absolute atomic E-state index is 9.59. The summed E-state index contributed by atoms with van der Waals surface area (Å²) >= 11 is 0. The molecule has 1 aliphatic rings. The first-order valence-corrected chi connectivity index (χ1v) is 5.80. The number of hydrogen-bond donors (Lipinski definition) is 3. The molecule has 1 aliphatic carbocycles. The molecule has 0 spiro atoms. The molecule has 0 amide bonds. The number of rotatable bonds is 6. The third-order valence-electron chi connectivity index (χ3n) is 3.26. The van der Waals surface area contributed by atoms with Gasteiger partial charge in [-0.15, -0.1) is 0 Å². The molecule has 0 aromatic carbocycles. The van der Waals surface area contributed by atoms with Crippen LogP contribution in [0.1, 0.15) is 39.0 Å². The zero-order chi connectivity index (χ0) is 10.4. The lowest BCUT2D eigenvalue weighted by Gasteiger charge is -2.20. The topological polar surface area (TPSA) is 52.5 Å². The van der Waals surface area contributed by atoms with E-state index in [0.717, 1.165) is 38.6 Å². The summed E-state index contributed by atoms with van der Waals surface area (Å²) in [5.41, 5.74) is 0. The molecule has 1 saturated carbocycles. The lowest BCUT2D eigenvalue weighted by atomic mass is 10.0. The molecule has 1 fully saturated rings. The highest BCUT2D eigenvalue weighted by molar-refractivity contribution is 4.83. The monoisotopic (exact) mass is 201 g/mol. The fraction of sp³-hybridized carbons (Fsp3) is 1.00. The van der Waals surface area contributed by atoms with Crippen molar-refractivity contribution in [3.8, 4) is 0 Å². The summed E-state index contributed by atoms with van der Waals surface area (Å²) in [4.78, 5) is 0. The molecular weight excluding hydrogens is 178 g/mol. The average Bonchev–Trinajstić information content (AvgIpc) is 2.59. The van der Waals surface area contributed by atoms with Gasteiger partial charge in [0.05, 0.1) is 6.10 Å².